The van der Waals surface area contributed by atoms with Gasteiger partial charge in [-0.1, -0.05) is 30.3 Å². The lowest BCUT2D eigenvalue weighted by Gasteiger charge is -2.38. The lowest BCUT2D eigenvalue weighted by atomic mass is 9.89. The van der Waals surface area contributed by atoms with Crippen molar-refractivity contribution in [3.63, 3.8) is 0 Å². The van der Waals surface area contributed by atoms with Crippen molar-refractivity contribution in [3.05, 3.63) is 89.5 Å². The van der Waals surface area contributed by atoms with Gasteiger partial charge in [0.25, 0.3) is 5.91 Å². The molecule has 4 rings (SSSR count). The maximum atomic E-state index is 13.0. The minimum absolute atomic E-state index is 0.0845. The van der Waals surface area contributed by atoms with Gasteiger partial charge >= 0.3 is 0 Å². The minimum Gasteiger partial charge on any atom is -0.497 e. The zero-order chi connectivity index (χ0) is 21.8. The van der Waals surface area contributed by atoms with Gasteiger partial charge < -0.3 is 14.8 Å². The van der Waals surface area contributed by atoms with E-state index < -0.39 is 0 Å². The van der Waals surface area contributed by atoms with E-state index in [1.165, 1.54) is 10.5 Å². The van der Waals surface area contributed by atoms with Gasteiger partial charge in [-0.15, -0.1) is 11.8 Å². The molecule has 5 heteroatoms. The quantitative estimate of drug-likeness (QED) is 0.483. The molecule has 3 aromatic carbocycles. The fourth-order valence-electron chi connectivity index (χ4n) is 3.77. The van der Waals surface area contributed by atoms with Gasteiger partial charge in [-0.2, -0.15) is 0 Å². The first-order chi connectivity index (χ1) is 14.9. The Morgan fingerprint density at radius 3 is 2.55 bits per heavy atom. The molecule has 0 saturated carbocycles. The van der Waals surface area contributed by atoms with Crippen LogP contribution >= 0.6 is 11.8 Å². The number of thioether (sulfide) groups is 1. The van der Waals surface area contributed by atoms with Gasteiger partial charge in [0.05, 0.1) is 13.2 Å². The second-order valence-corrected chi connectivity index (χ2v) is 9.34. The predicted molar refractivity (Wildman–Crippen MR) is 125 cm³/mol. The Morgan fingerprint density at radius 2 is 1.84 bits per heavy atom. The molecule has 0 spiro atoms. The van der Waals surface area contributed by atoms with Gasteiger partial charge in [0.15, 0.2) is 0 Å². The van der Waals surface area contributed by atoms with Gasteiger partial charge in [0.1, 0.15) is 17.1 Å². The number of carbonyl (C=O) groups excluding carboxylic acids is 1. The summed E-state index contributed by atoms with van der Waals surface area (Å²) in [4.78, 5) is 14.2. The second kappa shape index (κ2) is 9.06. The van der Waals surface area contributed by atoms with Crippen molar-refractivity contribution in [3.8, 4) is 11.5 Å². The van der Waals surface area contributed by atoms with E-state index in [0.29, 0.717) is 12.0 Å². The Balaban J connectivity index is 1.45. The number of fused-ring (bicyclic) bond motifs is 1. The van der Waals surface area contributed by atoms with Crippen molar-refractivity contribution < 1.29 is 14.3 Å². The van der Waals surface area contributed by atoms with Crippen LogP contribution in [0.5, 0.6) is 11.5 Å². The molecule has 1 aliphatic heterocycles. The van der Waals surface area contributed by atoms with E-state index in [4.69, 9.17) is 9.47 Å². The Morgan fingerprint density at radius 1 is 1.10 bits per heavy atom. The molecular weight excluding hydrogens is 406 g/mol. The summed E-state index contributed by atoms with van der Waals surface area (Å²) >= 11 is 1.79. The largest absolute Gasteiger partial charge is 0.497 e. The number of benzene rings is 3. The summed E-state index contributed by atoms with van der Waals surface area (Å²) in [7, 11) is 1.64. The smallest absolute Gasteiger partial charge is 0.251 e. The Hall–Kier alpha value is -2.92. The maximum Gasteiger partial charge on any atom is 0.251 e. The van der Waals surface area contributed by atoms with Crippen LogP contribution in [0, 0.1) is 0 Å². The Kier molecular flexibility index (Phi) is 6.23. The number of methoxy groups -OCH3 is 1. The summed E-state index contributed by atoms with van der Waals surface area (Å²) in [6, 6.07) is 23.7. The molecule has 160 valence electrons. The third kappa shape index (κ3) is 5.23. The van der Waals surface area contributed by atoms with E-state index >= 15 is 0 Å². The molecule has 0 bridgehead atoms. The highest BCUT2D eigenvalue weighted by Gasteiger charge is 2.35. The van der Waals surface area contributed by atoms with Crippen LogP contribution in [-0.4, -0.2) is 18.6 Å². The summed E-state index contributed by atoms with van der Waals surface area (Å²) in [5.41, 5.74) is 2.43. The highest BCUT2D eigenvalue weighted by molar-refractivity contribution is 7.98. The van der Waals surface area contributed by atoms with Gasteiger partial charge in [-0.3, -0.25) is 4.79 Å². The average Bonchev–Trinajstić information content (AvgIpc) is 2.78. The van der Waals surface area contributed by atoms with Crippen molar-refractivity contribution in [2.45, 2.75) is 42.6 Å². The highest BCUT2D eigenvalue weighted by atomic mass is 32.2. The topological polar surface area (TPSA) is 47.6 Å². The molecule has 31 heavy (non-hydrogen) atoms. The summed E-state index contributed by atoms with van der Waals surface area (Å²) < 4.78 is 11.5. The van der Waals surface area contributed by atoms with E-state index in [2.05, 4.69) is 17.4 Å². The number of carbonyl (C=O) groups is 1. The van der Waals surface area contributed by atoms with Crippen LogP contribution in [-0.2, 0) is 5.75 Å². The summed E-state index contributed by atoms with van der Waals surface area (Å²) in [5, 5.41) is 3.20. The van der Waals surface area contributed by atoms with Crippen LogP contribution in [0.1, 0.15) is 47.8 Å². The fourth-order valence-corrected chi connectivity index (χ4v) is 4.64. The van der Waals surface area contributed by atoms with Gasteiger partial charge in [-0.25, -0.2) is 0 Å². The zero-order valence-electron chi connectivity index (χ0n) is 18.1. The first kappa shape index (κ1) is 21.3. The molecular formula is C26H27NO3S. The Labute approximate surface area is 188 Å². The third-order valence-electron chi connectivity index (χ3n) is 5.34. The third-order valence-corrected chi connectivity index (χ3v) is 6.43. The van der Waals surface area contributed by atoms with E-state index in [0.717, 1.165) is 22.8 Å². The zero-order valence-corrected chi connectivity index (χ0v) is 18.9. The Bertz CT molecular complexity index is 1050. The van der Waals surface area contributed by atoms with Crippen molar-refractivity contribution in [2.24, 2.45) is 0 Å². The number of hydrogen-bond donors (Lipinski definition) is 1. The van der Waals surface area contributed by atoms with Crippen molar-refractivity contribution in [2.75, 3.05) is 7.11 Å². The molecule has 1 heterocycles. The molecule has 0 aliphatic carbocycles. The molecule has 1 atom stereocenters. The lowest BCUT2D eigenvalue weighted by molar-refractivity contribution is 0.0618. The fraction of sp³-hybridized carbons (Fsp3) is 0.269. The van der Waals surface area contributed by atoms with E-state index in [1.807, 2.05) is 74.5 Å². The lowest BCUT2D eigenvalue weighted by Crippen LogP contribution is -2.41. The molecule has 1 amide bonds. The van der Waals surface area contributed by atoms with E-state index in [-0.39, 0.29) is 17.6 Å². The molecule has 1 aliphatic rings. The molecule has 0 fully saturated rings. The monoisotopic (exact) mass is 433 g/mol. The van der Waals surface area contributed by atoms with E-state index in [1.54, 1.807) is 18.9 Å². The highest BCUT2D eigenvalue weighted by Crippen LogP contribution is 2.41. The maximum absolute atomic E-state index is 13.0. The average molecular weight is 434 g/mol. The molecule has 0 unspecified atom stereocenters. The summed E-state index contributed by atoms with van der Waals surface area (Å²) in [6.45, 7) is 4.08. The molecule has 1 N–H and O–H groups in total. The first-order valence-corrected chi connectivity index (χ1v) is 11.4. The first-order valence-electron chi connectivity index (χ1n) is 10.4. The number of hydrogen-bond acceptors (Lipinski definition) is 4. The van der Waals surface area contributed by atoms with Gasteiger partial charge in [-0.05, 0) is 61.9 Å². The molecule has 0 radical (unpaired) electrons. The van der Waals surface area contributed by atoms with Gasteiger partial charge in [0.2, 0.25) is 0 Å². The number of rotatable bonds is 6. The molecule has 0 aromatic heterocycles. The summed E-state index contributed by atoms with van der Waals surface area (Å²) in [5.74, 6) is 2.32. The van der Waals surface area contributed by atoms with Crippen molar-refractivity contribution in [1.82, 2.24) is 5.32 Å². The van der Waals surface area contributed by atoms with Crippen LogP contribution in [0.25, 0.3) is 0 Å². The number of amides is 1. The molecule has 4 nitrogen and oxygen atoms in total. The normalized spacial score (nSPS) is 16.7. The predicted octanol–water partition coefficient (Wildman–Crippen LogP) is 6.02. The van der Waals surface area contributed by atoms with Crippen LogP contribution in [0.2, 0.25) is 0 Å². The molecule has 0 saturated heterocycles. The van der Waals surface area contributed by atoms with Crippen molar-refractivity contribution in [1.29, 1.82) is 0 Å². The standard InChI is InChI=1S/C26H27NO3S/c1-26(2)16-23(22-15-20(29-3)13-14-24(22)30-26)27-25(28)19-11-9-18(10-12-19)17-31-21-7-5-4-6-8-21/h4-15,23H,16-17H2,1-3H3,(H,27,28)/t23-/m1/s1. The van der Waals surface area contributed by atoms with Crippen LogP contribution < -0.4 is 14.8 Å². The summed E-state index contributed by atoms with van der Waals surface area (Å²) in [6.07, 6.45) is 0.685. The number of ether oxygens (including phenoxy) is 2. The number of nitrogens with one attached hydrogen (secondary N) is 1. The van der Waals surface area contributed by atoms with Crippen LogP contribution in [0.15, 0.2) is 77.7 Å². The van der Waals surface area contributed by atoms with E-state index in [9.17, 15) is 4.79 Å². The van der Waals surface area contributed by atoms with Crippen LogP contribution in [0.3, 0.4) is 0 Å². The minimum atomic E-state index is -0.363. The van der Waals surface area contributed by atoms with Crippen LogP contribution in [0.4, 0.5) is 0 Å². The van der Waals surface area contributed by atoms with Crippen molar-refractivity contribution >= 4 is 17.7 Å². The van der Waals surface area contributed by atoms with Gasteiger partial charge in [0, 0.05) is 28.2 Å². The second-order valence-electron chi connectivity index (χ2n) is 8.29. The molecule has 3 aromatic rings. The SMILES string of the molecule is COc1ccc2c(c1)[C@H](NC(=O)c1ccc(CSc3ccccc3)cc1)CC(C)(C)O2.